The number of rotatable bonds is 3. The van der Waals surface area contributed by atoms with Crippen molar-refractivity contribution in [1.82, 2.24) is 0 Å². The lowest BCUT2D eigenvalue weighted by Gasteiger charge is -2.20. The molecule has 82 valence electrons. The summed E-state index contributed by atoms with van der Waals surface area (Å²) >= 11 is 0. The van der Waals surface area contributed by atoms with Gasteiger partial charge in [-0.15, -0.1) is 0 Å². The summed E-state index contributed by atoms with van der Waals surface area (Å²) < 4.78 is 25.7. The quantitative estimate of drug-likeness (QED) is 0.783. The van der Waals surface area contributed by atoms with Crippen LogP contribution in [0.3, 0.4) is 0 Å². The Morgan fingerprint density at radius 3 is 2.20 bits per heavy atom. The van der Waals surface area contributed by atoms with E-state index in [1.807, 2.05) is 0 Å². The average molecular weight is 213 g/mol. The molecular formula is C11H13F2NO. The highest BCUT2D eigenvalue weighted by Crippen LogP contribution is 2.16. The maximum atomic E-state index is 12.8. The van der Waals surface area contributed by atoms with Crippen LogP contribution in [0.2, 0.25) is 0 Å². The summed E-state index contributed by atoms with van der Waals surface area (Å²) in [4.78, 5) is 11.7. The van der Waals surface area contributed by atoms with E-state index in [4.69, 9.17) is 5.73 Å². The number of nitrogens with two attached hydrogens (primary N) is 1. The highest BCUT2D eigenvalue weighted by molar-refractivity contribution is 6.02. The predicted octanol–water partition coefficient (Wildman–Crippen LogP) is 2.27. The molecule has 0 radical (unpaired) electrons. The van der Waals surface area contributed by atoms with Crippen molar-refractivity contribution in [3.05, 3.63) is 35.4 Å². The van der Waals surface area contributed by atoms with E-state index in [1.54, 1.807) is 6.92 Å². The van der Waals surface area contributed by atoms with E-state index in [0.717, 1.165) is 18.2 Å². The Hall–Kier alpha value is -1.29. The molecule has 1 unspecified atom stereocenters. The van der Waals surface area contributed by atoms with Crippen molar-refractivity contribution in [1.29, 1.82) is 0 Å². The molecule has 0 bridgehead atoms. The lowest BCUT2D eigenvalue weighted by Crippen LogP contribution is -2.44. The molecule has 0 heterocycles. The van der Waals surface area contributed by atoms with E-state index >= 15 is 0 Å². The van der Waals surface area contributed by atoms with Crippen LogP contribution in [-0.2, 0) is 0 Å². The third kappa shape index (κ3) is 2.59. The standard InChI is InChI=1S/C11H13F2NO/c1-3-11(2,14)10(15)7-4-8(12)6-9(13)5-7/h4-6H,3,14H2,1-2H3. The van der Waals surface area contributed by atoms with Crippen LogP contribution in [0, 0.1) is 11.6 Å². The third-order valence-corrected chi connectivity index (χ3v) is 2.38. The largest absolute Gasteiger partial charge is 0.319 e. The molecule has 4 heteroatoms. The zero-order valence-corrected chi connectivity index (χ0v) is 8.68. The second kappa shape index (κ2) is 4.06. The van der Waals surface area contributed by atoms with Crippen LogP contribution in [0.1, 0.15) is 30.6 Å². The Labute approximate surface area is 87.1 Å². The first-order valence-electron chi connectivity index (χ1n) is 4.66. The summed E-state index contributed by atoms with van der Waals surface area (Å²) in [5, 5.41) is 0. The Balaban J connectivity index is 3.12. The molecule has 0 aromatic heterocycles. The van der Waals surface area contributed by atoms with Gasteiger partial charge in [-0.25, -0.2) is 8.78 Å². The molecule has 0 aliphatic rings. The van der Waals surface area contributed by atoms with Crippen molar-refractivity contribution < 1.29 is 13.6 Å². The van der Waals surface area contributed by atoms with E-state index in [2.05, 4.69) is 0 Å². The molecule has 2 nitrogen and oxygen atoms in total. The van der Waals surface area contributed by atoms with Gasteiger partial charge >= 0.3 is 0 Å². The number of hydrogen-bond acceptors (Lipinski definition) is 2. The van der Waals surface area contributed by atoms with Gasteiger partial charge in [-0.2, -0.15) is 0 Å². The summed E-state index contributed by atoms with van der Waals surface area (Å²) in [5.41, 5.74) is 4.59. The predicted molar refractivity (Wildman–Crippen MR) is 53.6 cm³/mol. The van der Waals surface area contributed by atoms with Gasteiger partial charge in [0, 0.05) is 11.6 Å². The number of carbonyl (C=O) groups excluding carboxylic acids is 1. The Morgan fingerprint density at radius 2 is 1.80 bits per heavy atom. The second-order valence-electron chi connectivity index (χ2n) is 3.76. The minimum absolute atomic E-state index is 0.0284. The number of hydrogen-bond donors (Lipinski definition) is 1. The molecule has 15 heavy (non-hydrogen) atoms. The van der Waals surface area contributed by atoms with Crippen LogP contribution in [0.15, 0.2) is 18.2 Å². The summed E-state index contributed by atoms with van der Waals surface area (Å²) in [6.07, 6.45) is 0.407. The van der Waals surface area contributed by atoms with E-state index in [9.17, 15) is 13.6 Å². The lowest BCUT2D eigenvalue weighted by atomic mass is 9.90. The van der Waals surface area contributed by atoms with Gasteiger partial charge in [-0.1, -0.05) is 6.92 Å². The fourth-order valence-electron chi connectivity index (χ4n) is 1.18. The first-order valence-corrected chi connectivity index (χ1v) is 4.66. The highest BCUT2D eigenvalue weighted by Gasteiger charge is 2.27. The van der Waals surface area contributed by atoms with Gasteiger partial charge in [-0.3, -0.25) is 4.79 Å². The molecule has 1 aromatic carbocycles. The minimum Gasteiger partial charge on any atom is -0.319 e. The van der Waals surface area contributed by atoms with E-state index in [-0.39, 0.29) is 5.56 Å². The van der Waals surface area contributed by atoms with Crippen molar-refractivity contribution in [2.45, 2.75) is 25.8 Å². The van der Waals surface area contributed by atoms with Crippen molar-refractivity contribution >= 4 is 5.78 Å². The maximum absolute atomic E-state index is 12.8. The molecule has 0 aliphatic carbocycles. The molecular weight excluding hydrogens is 200 g/mol. The van der Waals surface area contributed by atoms with Crippen LogP contribution in [-0.4, -0.2) is 11.3 Å². The highest BCUT2D eigenvalue weighted by atomic mass is 19.1. The summed E-state index contributed by atoms with van der Waals surface area (Å²) in [5.74, 6) is -2.00. The topological polar surface area (TPSA) is 43.1 Å². The summed E-state index contributed by atoms with van der Waals surface area (Å²) in [6, 6.07) is 2.70. The molecule has 1 aromatic rings. The van der Waals surface area contributed by atoms with Crippen LogP contribution >= 0.6 is 0 Å². The first-order chi connectivity index (χ1) is 6.86. The Morgan fingerprint density at radius 1 is 1.33 bits per heavy atom. The van der Waals surface area contributed by atoms with Crippen LogP contribution in [0.25, 0.3) is 0 Å². The third-order valence-electron chi connectivity index (χ3n) is 2.38. The molecule has 0 saturated carbocycles. The lowest BCUT2D eigenvalue weighted by molar-refractivity contribution is 0.0897. The van der Waals surface area contributed by atoms with Gasteiger partial charge in [0.2, 0.25) is 0 Å². The van der Waals surface area contributed by atoms with Crippen LogP contribution in [0.5, 0.6) is 0 Å². The van der Waals surface area contributed by atoms with E-state index < -0.39 is 23.0 Å². The number of Topliss-reactive ketones (excluding diaryl/α,β-unsaturated/α-hetero) is 1. The first kappa shape index (κ1) is 11.8. The summed E-state index contributed by atoms with van der Waals surface area (Å²) in [6.45, 7) is 3.28. The molecule has 0 fully saturated rings. The Bertz CT molecular complexity index is 368. The van der Waals surface area contributed by atoms with Gasteiger partial charge in [0.05, 0.1) is 5.54 Å². The van der Waals surface area contributed by atoms with E-state index in [1.165, 1.54) is 6.92 Å². The van der Waals surface area contributed by atoms with Gasteiger partial charge in [-0.05, 0) is 25.5 Å². The molecule has 1 atom stereocenters. The minimum atomic E-state index is -1.08. The van der Waals surface area contributed by atoms with E-state index in [0.29, 0.717) is 6.42 Å². The zero-order chi connectivity index (χ0) is 11.6. The fraction of sp³-hybridized carbons (Fsp3) is 0.364. The fourth-order valence-corrected chi connectivity index (χ4v) is 1.18. The Kier molecular flexibility index (Phi) is 3.19. The van der Waals surface area contributed by atoms with Crippen molar-refractivity contribution in [2.75, 3.05) is 0 Å². The monoisotopic (exact) mass is 213 g/mol. The molecule has 0 saturated heterocycles. The average Bonchev–Trinajstić information content (AvgIpc) is 2.15. The van der Waals surface area contributed by atoms with Crippen molar-refractivity contribution in [3.8, 4) is 0 Å². The number of ketones is 1. The number of halogens is 2. The smallest absolute Gasteiger partial charge is 0.182 e. The summed E-state index contributed by atoms with van der Waals surface area (Å²) in [7, 11) is 0. The molecule has 0 amide bonds. The van der Waals surface area contributed by atoms with Crippen LogP contribution in [0.4, 0.5) is 8.78 Å². The van der Waals surface area contributed by atoms with Gasteiger partial charge in [0.1, 0.15) is 11.6 Å². The number of benzene rings is 1. The van der Waals surface area contributed by atoms with Gasteiger partial charge < -0.3 is 5.73 Å². The number of carbonyl (C=O) groups is 1. The zero-order valence-electron chi connectivity index (χ0n) is 8.68. The normalized spacial score (nSPS) is 14.7. The van der Waals surface area contributed by atoms with Crippen molar-refractivity contribution in [2.24, 2.45) is 5.73 Å². The van der Waals surface area contributed by atoms with Gasteiger partial charge in [0.15, 0.2) is 5.78 Å². The molecule has 2 N–H and O–H groups in total. The second-order valence-corrected chi connectivity index (χ2v) is 3.76. The molecule has 1 rings (SSSR count). The van der Waals surface area contributed by atoms with Gasteiger partial charge in [0.25, 0.3) is 0 Å². The molecule has 0 spiro atoms. The SMILES string of the molecule is CCC(C)(N)C(=O)c1cc(F)cc(F)c1. The molecule has 0 aliphatic heterocycles. The van der Waals surface area contributed by atoms with Crippen molar-refractivity contribution in [3.63, 3.8) is 0 Å². The van der Waals surface area contributed by atoms with Crippen LogP contribution < -0.4 is 5.73 Å². The maximum Gasteiger partial charge on any atom is 0.182 e.